The molecule has 1 heterocycles. The van der Waals surface area contributed by atoms with Gasteiger partial charge in [-0.05, 0) is 11.6 Å². The highest BCUT2D eigenvalue weighted by Crippen LogP contribution is 2.35. The molecule has 114 valence electrons. The number of fused-ring (bicyclic) bond motifs is 1. The van der Waals surface area contributed by atoms with Gasteiger partial charge in [0.25, 0.3) is 5.92 Å². The highest BCUT2D eigenvalue weighted by molar-refractivity contribution is 6.02. The zero-order valence-corrected chi connectivity index (χ0v) is 11.5. The van der Waals surface area contributed by atoms with E-state index in [-0.39, 0.29) is 12.3 Å². The summed E-state index contributed by atoms with van der Waals surface area (Å²) in [6, 6.07) is 6.87. The number of carbonyl (C=O) groups is 2. The lowest BCUT2D eigenvalue weighted by atomic mass is 9.89. The Morgan fingerprint density at radius 2 is 2.14 bits per heavy atom. The zero-order chi connectivity index (χ0) is 15.6. The fourth-order valence-electron chi connectivity index (χ4n) is 2.27. The fourth-order valence-corrected chi connectivity index (χ4v) is 2.27. The lowest BCUT2D eigenvalue weighted by Crippen LogP contribution is -2.44. The molecule has 2 N–H and O–H groups in total. The van der Waals surface area contributed by atoms with Crippen LogP contribution in [-0.2, 0) is 9.59 Å². The van der Waals surface area contributed by atoms with Crippen molar-refractivity contribution in [1.29, 1.82) is 0 Å². The van der Waals surface area contributed by atoms with Gasteiger partial charge in [-0.3, -0.25) is 9.59 Å². The van der Waals surface area contributed by atoms with Crippen molar-refractivity contribution in [3.63, 3.8) is 0 Å². The number of para-hydroxylation sites is 1. The first-order chi connectivity index (χ1) is 9.85. The van der Waals surface area contributed by atoms with Crippen molar-refractivity contribution in [2.45, 2.75) is 18.3 Å². The van der Waals surface area contributed by atoms with Crippen LogP contribution in [0.5, 0.6) is 0 Å². The highest BCUT2D eigenvalue weighted by atomic mass is 19.3. The number of amides is 2. The number of hydrogen-bond donors (Lipinski definition) is 2. The Balaban J connectivity index is 2.18. The number of hydrogen-bond acceptors (Lipinski definition) is 3. The van der Waals surface area contributed by atoms with E-state index < -0.39 is 30.9 Å². The minimum absolute atomic E-state index is 0.0654. The first kappa shape index (κ1) is 15.4. The average Bonchev–Trinajstić information content (AvgIpc) is 2.48. The largest absolute Gasteiger partial charge is 0.390 e. The number of alkyl halides is 2. The molecule has 0 aliphatic carbocycles. The van der Waals surface area contributed by atoms with Crippen LogP contribution in [0, 0.1) is 0 Å². The molecular weight excluding hydrogens is 282 g/mol. The number of carbonyl (C=O) groups excluding carboxylic acids is 2. The van der Waals surface area contributed by atoms with Gasteiger partial charge in [0, 0.05) is 19.2 Å². The van der Waals surface area contributed by atoms with Crippen LogP contribution >= 0.6 is 0 Å². The minimum atomic E-state index is -3.37. The maximum absolute atomic E-state index is 13.0. The normalized spacial score (nSPS) is 18.4. The molecule has 2 rings (SSSR count). The van der Waals surface area contributed by atoms with E-state index in [4.69, 9.17) is 5.11 Å². The SMILES string of the molecule is CN1C(=O)CC(C(=O)NCC(F)(F)CO)c2ccccc21. The minimum Gasteiger partial charge on any atom is -0.390 e. The molecule has 0 radical (unpaired) electrons. The number of benzene rings is 1. The van der Waals surface area contributed by atoms with Crippen LogP contribution < -0.4 is 10.2 Å². The topological polar surface area (TPSA) is 69.6 Å². The monoisotopic (exact) mass is 298 g/mol. The smallest absolute Gasteiger partial charge is 0.287 e. The molecule has 1 aromatic carbocycles. The van der Waals surface area contributed by atoms with Gasteiger partial charge in [-0.2, -0.15) is 0 Å². The lowest BCUT2D eigenvalue weighted by molar-refractivity contribution is -0.129. The van der Waals surface area contributed by atoms with E-state index in [2.05, 4.69) is 5.32 Å². The quantitative estimate of drug-likeness (QED) is 0.867. The number of halogens is 2. The molecule has 0 saturated carbocycles. The van der Waals surface area contributed by atoms with Crippen molar-refractivity contribution in [2.24, 2.45) is 0 Å². The highest BCUT2D eigenvalue weighted by Gasteiger charge is 2.35. The molecule has 2 amide bonds. The summed E-state index contributed by atoms with van der Waals surface area (Å²) in [6.07, 6.45) is -0.0654. The molecule has 1 aliphatic rings. The Morgan fingerprint density at radius 3 is 2.81 bits per heavy atom. The fraction of sp³-hybridized carbons (Fsp3) is 0.429. The Bertz CT molecular complexity index is 563. The molecule has 0 fully saturated rings. The number of nitrogens with one attached hydrogen (secondary N) is 1. The summed E-state index contributed by atoms with van der Waals surface area (Å²) in [6.45, 7) is -2.29. The van der Waals surface area contributed by atoms with Crippen molar-refractivity contribution >= 4 is 17.5 Å². The Labute approximate surface area is 120 Å². The molecule has 1 unspecified atom stereocenters. The molecule has 21 heavy (non-hydrogen) atoms. The maximum atomic E-state index is 13.0. The van der Waals surface area contributed by atoms with Crippen LogP contribution in [0.15, 0.2) is 24.3 Å². The van der Waals surface area contributed by atoms with Gasteiger partial charge >= 0.3 is 0 Å². The number of nitrogens with zero attached hydrogens (tertiary/aromatic N) is 1. The van der Waals surface area contributed by atoms with Crippen LogP contribution in [0.4, 0.5) is 14.5 Å². The maximum Gasteiger partial charge on any atom is 0.287 e. The van der Waals surface area contributed by atoms with Crippen LogP contribution in [0.2, 0.25) is 0 Å². The van der Waals surface area contributed by atoms with Gasteiger partial charge in [0.1, 0.15) is 6.61 Å². The summed E-state index contributed by atoms with van der Waals surface area (Å²) in [5.74, 6) is -5.05. The van der Waals surface area contributed by atoms with Gasteiger partial charge < -0.3 is 15.3 Å². The third-order valence-corrected chi connectivity index (χ3v) is 3.50. The summed E-state index contributed by atoms with van der Waals surface area (Å²) in [7, 11) is 1.61. The van der Waals surface area contributed by atoms with Gasteiger partial charge in [0.15, 0.2) is 0 Å². The zero-order valence-electron chi connectivity index (χ0n) is 11.5. The molecule has 0 saturated heterocycles. The van der Waals surface area contributed by atoms with Gasteiger partial charge in [-0.1, -0.05) is 18.2 Å². The third kappa shape index (κ3) is 3.18. The molecule has 0 aromatic heterocycles. The van der Waals surface area contributed by atoms with E-state index in [1.165, 1.54) is 4.90 Å². The van der Waals surface area contributed by atoms with E-state index in [1.807, 2.05) is 0 Å². The first-order valence-electron chi connectivity index (χ1n) is 6.47. The molecule has 0 bridgehead atoms. The van der Waals surface area contributed by atoms with E-state index in [1.54, 1.807) is 31.3 Å². The van der Waals surface area contributed by atoms with Crippen LogP contribution in [0.25, 0.3) is 0 Å². The van der Waals surface area contributed by atoms with E-state index >= 15 is 0 Å². The Kier molecular flexibility index (Phi) is 4.22. The predicted molar refractivity (Wildman–Crippen MR) is 72.3 cm³/mol. The standard InChI is InChI=1S/C14H16F2N2O3/c1-18-11-5-3-2-4-9(11)10(6-12(18)20)13(21)17-7-14(15,16)8-19/h2-5,10,19H,6-8H2,1H3,(H,17,21). The van der Waals surface area contributed by atoms with Crippen LogP contribution in [0.1, 0.15) is 17.9 Å². The number of anilines is 1. The van der Waals surface area contributed by atoms with Crippen molar-refractivity contribution < 1.29 is 23.5 Å². The van der Waals surface area contributed by atoms with Crippen LogP contribution in [0.3, 0.4) is 0 Å². The summed E-state index contributed by atoms with van der Waals surface area (Å²) < 4.78 is 26.0. The summed E-state index contributed by atoms with van der Waals surface area (Å²) >= 11 is 0. The summed E-state index contributed by atoms with van der Waals surface area (Å²) in [5.41, 5.74) is 1.23. The van der Waals surface area contributed by atoms with Crippen molar-refractivity contribution in [3.8, 4) is 0 Å². The Morgan fingerprint density at radius 1 is 1.48 bits per heavy atom. The molecular formula is C14H16F2N2O3. The molecule has 7 heteroatoms. The number of rotatable bonds is 4. The van der Waals surface area contributed by atoms with Gasteiger partial charge in [0.05, 0.1) is 12.5 Å². The van der Waals surface area contributed by atoms with Gasteiger partial charge in [-0.25, -0.2) is 8.78 Å². The third-order valence-electron chi connectivity index (χ3n) is 3.50. The Hall–Kier alpha value is -2.02. The molecule has 0 spiro atoms. The summed E-state index contributed by atoms with van der Waals surface area (Å²) in [5, 5.41) is 10.6. The van der Waals surface area contributed by atoms with Crippen LogP contribution in [-0.4, -0.2) is 43.0 Å². The average molecular weight is 298 g/mol. The van der Waals surface area contributed by atoms with Crippen molar-refractivity contribution in [1.82, 2.24) is 5.32 Å². The molecule has 1 aliphatic heterocycles. The molecule has 1 aromatic rings. The van der Waals surface area contributed by atoms with Gasteiger partial charge in [-0.15, -0.1) is 0 Å². The van der Waals surface area contributed by atoms with Crippen molar-refractivity contribution in [2.75, 3.05) is 25.1 Å². The second-order valence-electron chi connectivity index (χ2n) is 5.00. The van der Waals surface area contributed by atoms with E-state index in [0.29, 0.717) is 11.3 Å². The van der Waals surface area contributed by atoms with E-state index in [9.17, 15) is 18.4 Å². The number of aliphatic hydroxyl groups is 1. The van der Waals surface area contributed by atoms with Crippen molar-refractivity contribution in [3.05, 3.63) is 29.8 Å². The lowest BCUT2D eigenvalue weighted by Gasteiger charge is -2.31. The second-order valence-corrected chi connectivity index (χ2v) is 5.00. The number of aliphatic hydroxyl groups excluding tert-OH is 1. The summed E-state index contributed by atoms with van der Waals surface area (Å²) in [4.78, 5) is 25.4. The first-order valence-corrected chi connectivity index (χ1v) is 6.47. The molecule has 5 nitrogen and oxygen atoms in total. The molecule has 1 atom stereocenters. The van der Waals surface area contributed by atoms with E-state index in [0.717, 1.165) is 0 Å². The second kappa shape index (κ2) is 5.77. The predicted octanol–water partition coefficient (Wildman–Crippen LogP) is 0.880. The van der Waals surface area contributed by atoms with Gasteiger partial charge in [0.2, 0.25) is 11.8 Å².